The number of hydrogen-bond acceptors (Lipinski definition) is 4. The average Bonchev–Trinajstić information content (AvgIpc) is 2.83. The molecule has 0 amide bonds. The lowest BCUT2D eigenvalue weighted by Crippen LogP contribution is -2.01. The van der Waals surface area contributed by atoms with Gasteiger partial charge in [-0.2, -0.15) is 5.10 Å². The summed E-state index contributed by atoms with van der Waals surface area (Å²) in [5, 5.41) is 11.3. The fraction of sp³-hybridized carbons (Fsp3) is 0.455. The highest BCUT2D eigenvalue weighted by molar-refractivity contribution is 5.34. The molecule has 16 heavy (non-hydrogen) atoms. The van der Waals surface area contributed by atoms with Crippen molar-refractivity contribution in [2.45, 2.75) is 33.4 Å². The van der Waals surface area contributed by atoms with E-state index in [1.54, 1.807) is 0 Å². The van der Waals surface area contributed by atoms with Gasteiger partial charge in [0.2, 0.25) is 0 Å². The molecule has 0 aliphatic heterocycles. The van der Waals surface area contributed by atoms with Gasteiger partial charge in [-0.25, -0.2) is 0 Å². The van der Waals surface area contributed by atoms with Gasteiger partial charge in [0.05, 0.1) is 6.20 Å². The number of aromatic nitrogens is 3. The van der Waals surface area contributed by atoms with Gasteiger partial charge >= 0.3 is 0 Å². The lowest BCUT2D eigenvalue weighted by molar-refractivity contribution is 0.399. The number of nitrogens with zero attached hydrogens (tertiary/aromatic N) is 3. The fourth-order valence-electron chi connectivity index (χ4n) is 1.39. The number of anilines is 1. The zero-order valence-electron chi connectivity index (χ0n) is 9.77. The van der Waals surface area contributed by atoms with Crippen molar-refractivity contribution in [2.24, 2.45) is 0 Å². The van der Waals surface area contributed by atoms with Gasteiger partial charge in [-0.1, -0.05) is 5.16 Å². The molecule has 0 aliphatic carbocycles. The highest BCUT2D eigenvalue weighted by atomic mass is 16.5. The van der Waals surface area contributed by atoms with Crippen LogP contribution in [0.2, 0.25) is 0 Å². The van der Waals surface area contributed by atoms with E-state index in [2.05, 4.69) is 29.4 Å². The van der Waals surface area contributed by atoms with Crippen LogP contribution in [0.25, 0.3) is 0 Å². The lowest BCUT2D eigenvalue weighted by atomic mass is 10.3. The lowest BCUT2D eigenvalue weighted by Gasteiger charge is -2.03. The minimum Gasteiger partial charge on any atom is -0.363 e. The van der Waals surface area contributed by atoms with Crippen LogP contribution in [0.5, 0.6) is 0 Å². The summed E-state index contributed by atoms with van der Waals surface area (Å²) in [6.07, 6.45) is 3.89. The monoisotopic (exact) mass is 220 g/mol. The van der Waals surface area contributed by atoms with Crippen LogP contribution in [0.1, 0.15) is 31.2 Å². The maximum atomic E-state index is 4.96. The Morgan fingerprint density at radius 1 is 1.50 bits per heavy atom. The first-order valence-electron chi connectivity index (χ1n) is 5.35. The summed E-state index contributed by atoms with van der Waals surface area (Å²) in [4.78, 5) is 0. The van der Waals surface area contributed by atoms with Gasteiger partial charge in [-0.15, -0.1) is 0 Å². The van der Waals surface area contributed by atoms with E-state index in [0.717, 1.165) is 17.1 Å². The van der Waals surface area contributed by atoms with Gasteiger partial charge in [0, 0.05) is 30.4 Å². The Kier molecular flexibility index (Phi) is 2.94. The van der Waals surface area contributed by atoms with Gasteiger partial charge < -0.3 is 9.84 Å². The molecular formula is C11H16N4O. The minimum absolute atomic E-state index is 0.392. The van der Waals surface area contributed by atoms with E-state index in [1.165, 1.54) is 0 Å². The maximum Gasteiger partial charge on any atom is 0.169 e. The number of hydrogen-bond donors (Lipinski definition) is 1. The largest absolute Gasteiger partial charge is 0.363 e. The summed E-state index contributed by atoms with van der Waals surface area (Å²) in [6, 6.07) is 2.26. The first kappa shape index (κ1) is 10.7. The van der Waals surface area contributed by atoms with Crippen LogP contribution < -0.4 is 5.32 Å². The normalized spacial score (nSPS) is 11.0. The summed E-state index contributed by atoms with van der Waals surface area (Å²) in [5.74, 6) is 1.56. The van der Waals surface area contributed by atoms with Crippen LogP contribution >= 0.6 is 0 Å². The third-order valence-corrected chi connectivity index (χ3v) is 2.29. The SMILES string of the molecule is Cc1cc(NCc2cnn(C(C)C)c2)no1. The topological polar surface area (TPSA) is 55.9 Å². The summed E-state index contributed by atoms with van der Waals surface area (Å²) in [5.41, 5.74) is 1.13. The Hall–Kier alpha value is -1.78. The maximum absolute atomic E-state index is 4.96. The third-order valence-electron chi connectivity index (χ3n) is 2.29. The first-order chi connectivity index (χ1) is 7.65. The van der Waals surface area contributed by atoms with Crippen molar-refractivity contribution in [2.75, 3.05) is 5.32 Å². The molecule has 86 valence electrons. The molecule has 0 bridgehead atoms. The Balaban J connectivity index is 1.94. The fourth-order valence-corrected chi connectivity index (χ4v) is 1.39. The predicted octanol–water partition coefficient (Wildman–Crippen LogP) is 2.37. The molecule has 0 radical (unpaired) electrons. The molecule has 0 saturated heterocycles. The van der Waals surface area contributed by atoms with Crippen LogP contribution in [0.15, 0.2) is 23.0 Å². The molecule has 0 aliphatic rings. The van der Waals surface area contributed by atoms with Gasteiger partial charge in [0.15, 0.2) is 5.82 Å². The summed E-state index contributed by atoms with van der Waals surface area (Å²) < 4.78 is 6.90. The van der Waals surface area contributed by atoms with Crippen molar-refractivity contribution in [1.82, 2.24) is 14.9 Å². The van der Waals surface area contributed by atoms with Gasteiger partial charge in [-0.05, 0) is 20.8 Å². The Labute approximate surface area is 94.4 Å². The van der Waals surface area contributed by atoms with Gasteiger partial charge in [0.1, 0.15) is 5.76 Å². The molecule has 0 fully saturated rings. The quantitative estimate of drug-likeness (QED) is 0.859. The molecule has 0 saturated carbocycles. The van der Waals surface area contributed by atoms with Crippen LogP contribution in [0, 0.1) is 6.92 Å². The second-order valence-electron chi connectivity index (χ2n) is 4.10. The third kappa shape index (κ3) is 2.42. The van der Waals surface area contributed by atoms with Crippen molar-refractivity contribution in [3.63, 3.8) is 0 Å². The van der Waals surface area contributed by atoms with Crippen molar-refractivity contribution in [1.29, 1.82) is 0 Å². The van der Waals surface area contributed by atoms with E-state index in [9.17, 15) is 0 Å². The van der Waals surface area contributed by atoms with E-state index >= 15 is 0 Å². The highest BCUT2D eigenvalue weighted by Crippen LogP contribution is 2.10. The Bertz CT molecular complexity index is 458. The molecule has 2 rings (SSSR count). The number of aryl methyl sites for hydroxylation is 1. The first-order valence-corrected chi connectivity index (χ1v) is 5.35. The molecule has 0 unspecified atom stereocenters. The zero-order chi connectivity index (χ0) is 11.5. The Morgan fingerprint density at radius 2 is 2.31 bits per heavy atom. The highest BCUT2D eigenvalue weighted by Gasteiger charge is 2.03. The molecule has 2 heterocycles. The van der Waals surface area contributed by atoms with Crippen LogP contribution in [0.4, 0.5) is 5.82 Å². The van der Waals surface area contributed by atoms with Crippen LogP contribution in [-0.2, 0) is 6.54 Å². The molecule has 0 atom stereocenters. The van der Waals surface area contributed by atoms with Gasteiger partial charge in [-0.3, -0.25) is 4.68 Å². The summed E-state index contributed by atoms with van der Waals surface area (Å²) >= 11 is 0. The smallest absolute Gasteiger partial charge is 0.169 e. The summed E-state index contributed by atoms with van der Waals surface area (Å²) in [7, 11) is 0. The van der Waals surface area contributed by atoms with E-state index in [1.807, 2.05) is 30.1 Å². The average molecular weight is 220 g/mol. The van der Waals surface area contributed by atoms with Crippen molar-refractivity contribution < 1.29 is 4.52 Å². The second kappa shape index (κ2) is 4.38. The molecule has 2 aromatic rings. The summed E-state index contributed by atoms with van der Waals surface area (Å²) in [6.45, 7) is 6.78. The molecule has 0 aromatic carbocycles. The van der Waals surface area contributed by atoms with E-state index in [-0.39, 0.29) is 0 Å². The molecule has 2 aromatic heterocycles. The van der Waals surface area contributed by atoms with Crippen molar-refractivity contribution >= 4 is 5.82 Å². The number of rotatable bonds is 4. The molecule has 5 heteroatoms. The molecular weight excluding hydrogens is 204 g/mol. The number of nitrogens with one attached hydrogen (secondary N) is 1. The minimum atomic E-state index is 0.392. The van der Waals surface area contributed by atoms with Crippen molar-refractivity contribution in [3.8, 4) is 0 Å². The molecule has 0 spiro atoms. The van der Waals surface area contributed by atoms with Crippen LogP contribution in [0.3, 0.4) is 0 Å². The van der Waals surface area contributed by atoms with Crippen LogP contribution in [-0.4, -0.2) is 14.9 Å². The second-order valence-corrected chi connectivity index (χ2v) is 4.10. The zero-order valence-corrected chi connectivity index (χ0v) is 9.77. The van der Waals surface area contributed by atoms with Crippen molar-refractivity contribution in [3.05, 3.63) is 29.8 Å². The standard InChI is InChI=1S/C11H16N4O/c1-8(2)15-7-10(6-13-15)5-12-11-4-9(3)16-14-11/h4,6-8H,5H2,1-3H3,(H,12,14). The van der Waals surface area contributed by atoms with E-state index < -0.39 is 0 Å². The molecule has 1 N–H and O–H groups in total. The molecule has 5 nitrogen and oxygen atoms in total. The van der Waals surface area contributed by atoms with E-state index in [0.29, 0.717) is 12.6 Å². The van der Waals surface area contributed by atoms with Gasteiger partial charge in [0.25, 0.3) is 0 Å². The predicted molar refractivity (Wildman–Crippen MR) is 61.2 cm³/mol. The Morgan fingerprint density at radius 3 is 2.88 bits per heavy atom. The van der Waals surface area contributed by atoms with E-state index in [4.69, 9.17) is 4.52 Å².